The first-order valence-corrected chi connectivity index (χ1v) is 7.53. The van der Waals surface area contributed by atoms with E-state index < -0.39 is 42.9 Å². The molecule has 136 valence electrons. The lowest BCUT2D eigenvalue weighted by Gasteiger charge is -2.39. The smallest absolute Gasteiger partial charge is 0.336 e. The molecule has 2 aromatic rings. The molecule has 25 heavy (non-hydrogen) atoms. The van der Waals surface area contributed by atoms with Crippen molar-refractivity contribution in [2.24, 2.45) is 0 Å². The van der Waals surface area contributed by atoms with Crippen molar-refractivity contribution < 1.29 is 39.1 Å². The van der Waals surface area contributed by atoms with Gasteiger partial charge in [0.1, 0.15) is 30.0 Å². The van der Waals surface area contributed by atoms with Gasteiger partial charge >= 0.3 is 5.63 Å². The number of methoxy groups -OCH3 is 1. The van der Waals surface area contributed by atoms with E-state index in [1.165, 1.54) is 31.4 Å². The number of rotatable bonds is 4. The molecule has 0 radical (unpaired) electrons. The van der Waals surface area contributed by atoms with Crippen LogP contribution in [-0.2, 0) is 4.74 Å². The third-order valence-electron chi connectivity index (χ3n) is 4.00. The van der Waals surface area contributed by atoms with Crippen molar-refractivity contribution in [3.8, 4) is 11.5 Å². The summed E-state index contributed by atoms with van der Waals surface area (Å²) in [4.78, 5) is 11.3. The van der Waals surface area contributed by atoms with E-state index in [1.54, 1.807) is 0 Å². The first kappa shape index (κ1) is 17.6. The van der Waals surface area contributed by atoms with Crippen LogP contribution in [0.15, 0.2) is 33.5 Å². The fourth-order valence-corrected chi connectivity index (χ4v) is 2.62. The highest BCUT2D eigenvalue weighted by Crippen LogP contribution is 2.34. The van der Waals surface area contributed by atoms with Crippen molar-refractivity contribution >= 4 is 11.0 Å². The summed E-state index contributed by atoms with van der Waals surface area (Å²) in [5, 5.41) is 39.4. The van der Waals surface area contributed by atoms with Crippen LogP contribution in [0.2, 0.25) is 0 Å². The largest absolute Gasteiger partial charge is 0.493 e. The zero-order chi connectivity index (χ0) is 18.1. The molecule has 1 aromatic heterocycles. The number of hydrogen-bond donors (Lipinski definition) is 4. The van der Waals surface area contributed by atoms with Crippen molar-refractivity contribution in [2.45, 2.75) is 30.7 Å². The second-order valence-electron chi connectivity index (χ2n) is 5.61. The Morgan fingerprint density at radius 3 is 2.52 bits per heavy atom. The fraction of sp³-hybridized carbons (Fsp3) is 0.438. The van der Waals surface area contributed by atoms with Crippen molar-refractivity contribution in [2.75, 3.05) is 13.7 Å². The van der Waals surface area contributed by atoms with Crippen LogP contribution < -0.4 is 15.1 Å². The van der Waals surface area contributed by atoms with Gasteiger partial charge in [0.2, 0.25) is 6.29 Å². The molecular weight excluding hydrogens is 336 g/mol. The highest BCUT2D eigenvalue weighted by Gasteiger charge is 2.45. The summed E-state index contributed by atoms with van der Waals surface area (Å²) < 4.78 is 21.1. The first-order chi connectivity index (χ1) is 11.9. The van der Waals surface area contributed by atoms with Crippen LogP contribution in [0.4, 0.5) is 0 Å². The average Bonchev–Trinajstić information content (AvgIpc) is 2.61. The second kappa shape index (κ2) is 6.98. The van der Waals surface area contributed by atoms with Crippen LogP contribution in [0.1, 0.15) is 0 Å². The molecule has 5 atom stereocenters. The summed E-state index contributed by atoms with van der Waals surface area (Å²) >= 11 is 0. The van der Waals surface area contributed by atoms with Gasteiger partial charge in [-0.25, -0.2) is 4.79 Å². The Bertz CT molecular complexity index is 800. The molecule has 1 aliphatic heterocycles. The highest BCUT2D eigenvalue weighted by atomic mass is 16.7. The molecule has 0 spiro atoms. The fourth-order valence-electron chi connectivity index (χ4n) is 2.62. The zero-order valence-corrected chi connectivity index (χ0v) is 13.2. The molecule has 1 fully saturated rings. The number of aliphatic hydroxyl groups is 4. The lowest BCUT2D eigenvalue weighted by atomic mass is 9.99. The third-order valence-corrected chi connectivity index (χ3v) is 4.00. The van der Waals surface area contributed by atoms with Gasteiger partial charge in [-0.2, -0.15) is 0 Å². The van der Waals surface area contributed by atoms with Gasteiger partial charge in [-0.05, 0) is 12.1 Å². The molecule has 9 heteroatoms. The van der Waals surface area contributed by atoms with Gasteiger partial charge in [-0.15, -0.1) is 0 Å². The van der Waals surface area contributed by atoms with E-state index in [2.05, 4.69) is 0 Å². The van der Waals surface area contributed by atoms with E-state index in [0.29, 0.717) is 5.39 Å². The summed E-state index contributed by atoms with van der Waals surface area (Å²) in [7, 11) is 1.38. The molecule has 1 saturated heterocycles. The molecular formula is C16H18O9. The standard InChI is InChI=1S/C16H18O9/c1-22-9-5-8-7(2-3-12(18)23-8)4-10(9)24-16-15(21)14(20)13(19)11(6-17)25-16/h2-5,11,13-17,19-21H,6H2,1H3/t11-,13-,14+,15-,16-/m1/s1. The molecule has 0 aliphatic carbocycles. The maximum atomic E-state index is 11.3. The first-order valence-electron chi connectivity index (χ1n) is 7.53. The van der Waals surface area contributed by atoms with E-state index in [9.17, 15) is 25.2 Å². The summed E-state index contributed by atoms with van der Waals surface area (Å²) in [5.74, 6) is 0.368. The summed E-state index contributed by atoms with van der Waals surface area (Å²) in [6, 6.07) is 5.72. The molecule has 9 nitrogen and oxygen atoms in total. The number of hydrogen-bond acceptors (Lipinski definition) is 9. The van der Waals surface area contributed by atoms with Crippen molar-refractivity contribution in [3.63, 3.8) is 0 Å². The summed E-state index contributed by atoms with van der Waals surface area (Å²) in [6.07, 6.45) is -7.02. The molecule has 0 bridgehead atoms. The van der Waals surface area contributed by atoms with Crippen LogP contribution in [0.5, 0.6) is 11.5 Å². The Balaban J connectivity index is 1.93. The minimum absolute atomic E-state index is 0.160. The van der Waals surface area contributed by atoms with Gasteiger partial charge in [-0.3, -0.25) is 0 Å². The molecule has 0 amide bonds. The lowest BCUT2D eigenvalue weighted by molar-refractivity contribution is -0.277. The zero-order valence-electron chi connectivity index (χ0n) is 13.2. The molecule has 0 unspecified atom stereocenters. The van der Waals surface area contributed by atoms with E-state index in [4.69, 9.17) is 18.6 Å². The predicted molar refractivity (Wildman–Crippen MR) is 83.4 cm³/mol. The van der Waals surface area contributed by atoms with Gasteiger partial charge in [0.15, 0.2) is 11.5 Å². The van der Waals surface area contributed by atoms with E-state index in [0.717, 1.165) is 0 Å². The van der Waals surface area contributed by atoms with Crippen molar-refractivity contribution in [3.05, 3.63) is 34.7 Å². The quantitative estimate of drug-likeness (QED) is 0.508. The number of fused-ring (bicyclic) bond motifs is 1. The van der Waals surface area contributed by atoms with Crippen molar-refractivity contribution in [1.29, 1.82) is 0 Å². The Morgan fingerprint density at radius 2 is 1.84 bits per heavy atom. The van der Waals surface area contributed by atoms with Crippen LogP contribution in [0, 0.1) is 0 Å². The van der Waals surface area contributed by atoms with Crippen LogP contribution in [0.3, 0.4) is 0 Å². The SMILES string of the molecule is COc1cc2oc(=O)ccc2cc1O[C@@H]1O[C@H](CO)[C@@H](O)[C@H](O)[C@H]1O. The minimum atomic E-state index is -1.56. The van der Waals surface area contributed by atoms with Gasteiger partial charge < -0.3 is 39.1 Å². The minimum Gasteiger partial charge on any atom is -0.493 e. The van der Waals surface area contributed by atoms with E-state index in [1.807, 2.05) is 0 Å². The predicted octanol–water partition coefficient (Wildman–Crippen LogP) is -1.02. The normalized spacial score (nSPS) is 29.6. The molecule has 1 aromatic carbocycles. The van der Waals surface area contributed by atoms with E-state index >= 15 is 0 Å². The molecule has 3 rings (SSSR count). The van der Waals surface area contributed by atoms with Gasteiger partial charge in [0, 0.05) is 17.5 Å². The maximum absolute atomic E-state index is 11.3. The average molecular weight is 354 g/mol. The molecule has 1 aliphatic rings. The van der Waals surface area contributed by atoms with Gasteiger partial charge in [0.25, 0.3) is 0 Å². The molecule has 2 heterocycles. The topological polar surface area (TPSA) is 139 Å². The number of ether oxygens (including phenoxy) is 3. The summed E-state index contributed by atoms with van der Waals surface area (Å²) in [5.41, 5.74) is -0.234. The summed E-state index contributed by atoms with van der Waals surface area (Å²) in [6.45, 7) is -0.565. The Kier molecular flexibility index (Phi) is 4.93. The Hall–Kier alpha value is -2.17. The second-order valence-corrected chi connectivity index (χ2v) is 5.61. The molecule has 4 N–H and O–H groups in total. The van der Waals surface area contributed by atoms with Crippen molar-refractivity contribution in [1.82, 2.24) is 0 Å². The van der Waals surface area contributed by atoms with E-state index in [-0.39, 0.29) is 17.1 Å². The number of benzene rings is 1. The van der Waals surface area contributed by atoms with Gasteiger partial charge in [-0.1, -0.05) is 0 Å². The van der Waals surface area contributed by atoms with Crippen LogP contribution >= 0.6 is 0 Å². The lowest BCUT2D eigenvalue weighted by Crippen LogP contribution is -2.60. The van der Waals surface area contributed by atoms with Crippen LogP contribution in [0.25, 0.3) is 11.0 Å². The Morgan fingerprint density at radius 1 is 1.08 bits per heavy atom. The maximum Gasteiger partial charge on any atom is 0.336 e. The van der Waals surface area contributed by atoms with Crippen LogP contribution in [-0.4, -0.2) is 64.8 Å². The monoisotopic (exact) mass is 354 g/mol. The van der Waals surface area contributed by atoms with Gasteiger partial charge in [0.05, 0.1) is 13.7 Å². The number of aliphatic hydroxyl groups excluding tert-OH is 4. The molecule has 0 saturated carbocycles. The third kappa shape index (κ3) is 3.32. The highest BCUT2D eigenvalue weighted by molar-refractivity contribution is 5.80. The Labute approximate surface area is 141 Å².